The summed E-state index contributed by atoms with van der Waals surface area (Å²) in [6, 6.07) is 14.9. The molecular formula is C23H22N4O2S2. The van der Waals surface area contributed by atoms with Crippen LogP contribution in [-0.4, -0.2) is 31.1 Å². The van der Waals surface area contributed by atoms with Gasteiger partial charge in [0, 0.05) is 12.7 Å². The van der Waals surface area contributed by atoms with Gasteiger partial charge < -0.3 is 5.32 Å². The standard InChI is InChI=1S/C23H22N4O2S2/c1-3-12-24-20-17(21(28)26-13-8-7-11-19(26)25-20)14-18-22(29)27(23(30)31-18)15(2)16-9-5-4-6-10-16/h4-11,13-15,24H,3,12H2,1-2H3/b18-14-. The Bertz CT molecular complexity index is 1240. The summed E-state index contributed by atoms with van der Waals surface area (Å²) < 4.78 is 1.96. The number of anilines is 1. The number of benzene rings is 1. The second kappa shape index (κ2) is 9.03. The summed E-state index contributed by atoms with van der Waals surface area (Å²) >= 11 is 6.72. The molecular weight excluding hydrogens is 428 g/mol. The van der Waals surface area contributed by atoms with Crippen LogP contribution in [0.5, 0.6) is 0 Å². The molecule has 2 aromatic heterocycles. The summed E-state index contributed by atoms with van der Waals surface area (Å²) in [7, 11) is 0. The van der Waals surface area contributed by atoms with E-state index in [1.165, 1.54) is 16.2 Å². The summed E-state index contributed by atoms with van der Waals surface area (Å²) in [5, 5.41) is 3.22. The van der Waals surface area contributed by atoms with Crippen molar-refractivity contribution in [2.24, 2.45) is 0 Å². The average Bonchev–Trinajstić information content (AvgIpc) is 3.07. The van der Waals surface area contributed by atoms with Crippen LogP contribution < -0.4 is 10.9 Å². The molecule has 4 rings (SSSR count). The fourth-order valence-electron chi connectivity index (χ4n) is 3.44. The number of thiocarbonyl (C=S) groups is 1. The van der Waals surface area contributed by atoms with E-state index in [-0.39, 0.29) is 17.5 Å². The second-order valence-electron chi connectivity index (χ2n) is 7.17. The van der Waals surface area contributed by atoms with Crippen LogP contribution in [0.15, 0.2) is 64.4 Å². The van der Waals surface area contributed by atoms with Crippen molar-refractivity contribution in [1.29, 1.82) is 0 Å². The Hall–Kier alpha value is -2.97. The lowest BCUT2D eigenvalue weighted by Gasteiger charge is -2.23. The van der Waals surface area contributed by atoms with Gasteiger partial charge >= 0.3 is 0 Å². The Labute approximate surface area is 190 Å². The zero-order valence-electron chi connectivity index (χ0n) is 17.2. The number of nitrogens with one attached hydrogen (secondary N) is 1. The van der Waals surface area contributed by atoms with E-state index < -0.39 is 0 Å². The Morgan fingerprint density at radius 2 is 1.90 bits per heavy atom. The highest BCUT2D eigenvalue weighted by atomic mass is 32.2. The molecule has 1 amide bonds. The molecule has 6 nitrogen and oxygen atoms in total. The largest absolute Gasteiger partial charge is 0.369 e. The van der Waals surface area contributed by atoms with Crippen LogP contribution in [0.2, 0.25) is 0 Å². The molecule has 0 bridgehead atoms. The Balaban J connectivity index is 1.76. The number of carbonyl (C=O) groups is 1. The van der Waals surface area contributed by atoms with Crippen molar-refractivity contribution in [3.05, 3.63) is 81.1 Å². The van der Waals surface area contributed by atoms with E-state index >= 15 is 0 Å². The van der Waals surface area contributed by atoms with Crippen LogP contribution in [0, 0.1) is 0 Å². The number of rotatable bonds is 6. The quantitative estimate of drug-likeness (QED) is 0.441. The monoisotopic (exact) mass is 450 g/mol. The summed E-state index contributed by atoms with van der Waals surface area (Å²) in [6.07, 6.45) is 4.17. The van der Waals surface area contributed by atoms with Gasteiger partial charge in [-0.25, -0.2) is 4.98 Å². The minimum Gasteiger partial charge on any atom is -0.369 e. The lowest BCUT2D eigenvalue weighted by atomic mass is 10.1. The second-order valence-corrected chi connectivity index (χ2v) is 8.85. The maximum absolute atomic E-state index is 13.2. The smallest absolute Gasteiger partial charge is 0.267 e. The average molecular weight is 451 g/mol. The highest BCUT2D eigenvalue weighted by Gasteiger charge is 2.36. The number of fused-ring (bicyclic) bond motifs is 1. The van der Waals surface area contributed by atoms with E-state index in [4.69, 9.17) is 12.2 Å². The molecule has 1 atom stereocenters. The molecule has 1 aromatic carbocycles. The van der Waals surface area contributed by atoms with Gasteiger partial charge in [0.2, 0.25) is 0 Å². The predicted octanol–water partition coefficient (Wildman–Crippen LogP) is 4.48. The first-order valence-electron chi connectivity index (χ1n) is 10.1. The topological polar surface area (TPSA) is 66.7 Å². The van der Waals surface area contributed by atoms with Crippen molar-refractivity contribution >= 4 is 51.7 Å². The van der Waals surface area contributed by atoms with Gasteiger partial charge in [0.1, 0.15) is 15.8 Å². The first-order valence-corrected chi connectivity index (χ1v) is 11.3. The van der Waals surface area contributed by atoms with Crippen molar-refractivity contribution in [2.75, 3.05) is 11.9 Å². The maximum Gasteiger partial charge on any atom is 0.267 e. The molecule has 1 aliphatic heterocycles. The number of hydrogen-bond donors (Lipinski definition) is 1. The lowest BCUT2D eigenvalue weighted by molar-refractivity contribution is -0.123. The number of pyridine rings is 1. The number of aromatic nitrogens is 2. The SMILES string of the molecule is CCCNc1nc2ccccn2c(=O)c1/C=C1\SC(=S)N(C(C)c2ccccc2)C1=O. The van der Waals surface area contributed by atoms with Crippen LogP contribution in [0.4, 0.5) is 5.82 Å². The first-order chi connectivity index (χ1) is 15.0. The number of hydrogen-bond acceptors (Lipinski definition) is 6. The number of carbonyl (C=O) groups excluding carboxylic acids is 1. The number of amides is 1. The highest BCUT2D eigenvalue weighted by molar-refractivity contribution is 8.26. The third-order valence-corrected chi connectivity index (χ3v) is 6.41. The van der Waals surface area contributed by atoms with Gasteiger partial charge in [0.25, 0.3) is 11.5 Å². The molecule has 1 unspecified atom stereocenters. The van der Waals surface area contributed by atoms with Gasteiger partial charge in [-0.2, -0.15) is 0 Å². The van der Waals surface area contributed by atoms with Crippen LogP contribution in [-0.2, 0) is 4.79 Å². The third-order valence-electron chi connectivity index (χ3n) is 5.08. The first kappa shape index (κ1) is 21.3. The Morgan fingerprint density at radius 3 is 2.65 bits per heavy atom. The normalized spacial score (nSPS) is 16.3. The molecule has 3 heterocycles. The van der Waals surface area contributed by atoms with E-state index in [2.05, 4.69) is 10.3 Å². The Morgan fingerprint density at radius 1 is 1.16 bits per heavy atom. The minimum atomic E-state index is -0.231. The van der Waals surface area contributed by atoms with Gasteiger partial charge in [0.05, 0.1) is 16.5 Å². The van der Waals surface area contributed by atoms with Gasteiger partial charge in [0.15, 0.2) is 0 Å². The molecule has 0 radical (unpaired) electrons. The molecule has 1 saturated heterocycles. The summed E-state index contributed by atoms with van der Waals surface area (Å²) in [5.41, 5.74) is 1.67. The van der Waals surface area contributed by atoms with Crippen LogP contribution in [0.3, 0.4) is 0 Å². The van der Waals surface area contributed by atoms with Crippen LogP contribution in [0.25, 0.3) is 11.7 Å². The van der Waals surface area contributed by atoms with Gasteiger partial charge in [-0.1, -0.05) is 67.3 Å². The van der Waals surface area contributed by atoms with E-state index in [9.17, 15) is 9.59 Å². The molecule has 158 valence electrons. The molecule has 3 aromatic rings. The van der Waals surface area contributed by atoms with Gasteiger partial charge in [-0.15, -0.1) is 0 Å². The van der Waals surface area contributed by atoms with Gasteiger partial charge in [-0.3, -0.25) is 18.9 Å². The van der Waals surface area contributed by atoms with Crippen LogP contribution in [0.1, 0.15) is 37.4 Å². The molecule has 1 aliphatic rings. The highest BCUT2D eigenvalue weighted by Crippen LogP contribution is 2.38. The van der Waals surface area contributed by atoms with E-state index in [0.717, 1.165) is 12.0 Å². The molecule has 8 heteroatoms. The number of thioether (sulfide) groups is 1. The van der Waals surface area contributed by atoms with Crippen LogP contribution >= 0.6 is 24.0 Å². The van der Waals surface area contributed by atoms with Crippen molar-refractivity contribution in [3.63, 3.8) is 0 Å². The summed E-state index contributed by atoms with van der Waals surface area (Å²) in [5.74, 6) is 0.268. The van der Waals surface area contributed by atoms with Crippen molar-refractivity contribution < 1.29 is 4.79 Å². The van der Waals surface area contributed by atoms with Crippen molar-refractivity contribution in [1.82, 2.24) is 14.3 Å². The van der Waals surface area contributed by atoms with E-state index in [0.29, 0.717) is 32.8 Å². The molecule has 31 heavy (non-hydrogen) atoms. The van der Waals surface area contributed by atoms with Crippen molar-refractivity contribution in [3.8, 4) is 0 Å². The zero-order chi connectivity index (χ0) is 22.0. The van der Waals surface area contributed by atoms with Gasteiger partial charge in [-0.05, 0) is 37.1 Å². The Kier molecular flexibility index (Phi) is 6.20. The molecule has 1 N–H and O–H groups in total. The van der Waals surface area contributed by atoms with E-state index in [1.54, 1.807) is 29.3 Å². The lowest BCUT2D eigenvalue weighted by Crippen LogP contribution is -2.31. The summed E-state index contributed by atoms with van der Waals surface area (Å²) in [4.78, 5) is 33.1. The fourth-order valence-corrected chi connectivity index (χ4v) is 4.84. The van der Waals surface area contributed by atoms with Crippen molar-refractivity contribution in [2.45, 2.75) is 26.3 Å². The molecule has 0 spiro atoms. The molecule has 1 fully saturated rings. The van der Waals surface area contributed by atoms with E-state index in [1.807, 2.05) is 50.2 Å². The third kappa shape index (κ3) is 4.13. The maximum atomic E-state index is 13.2. The molecule has 0 saturated carbocycles. The number of nitrogens with zero attached hydrogens (tertiary/aromatic N) is 3. The minimum absolute atomic E-state index is 0.201. The fraction of sp³-hybridized carbons (Fsp3) is 0.217. The predicted molar refractivity (Wildman–Crippen MR) is 130 cm³/mol. The summed E-state index contributed by atoms with van der Waals surface area (Å²) in [6.45, 7) is 4.66. The zero-order valence-corrected chi connectivity index (χ0v) is 18.9. The molecule has 0 aliphatic carbocycles.